The first-order valence-corrected chi connectivity index (χ1v) is 10.6. The average molecular weight is 475 g/mol. The molecule has 3 rings (SSSR count). The molecule has 3 heterocycles. The van der Waals surface area contributed by atoms with E-state index in [1.54, 1.807) is 0 Å². The van der Waals surface area contributed by atoms with E-state index in [0.29, 0.717) is 0 Å². The Hall–Kier alpha value is -2.49. The van der Waals surface area contributed by atoms with Crippen molar-refractivity contribution in [3.05, 3.63) is 0 Å². The van der Waals surface area contributed by atoms with Crippen LogP contribution in [0.1, 0.15) is 0 Å². The number of guanidine groups is 2. The Kier molecular flexibility index (Phi) is 5.00. The van der Waals surface area contributed by atoms with Crippen molar-refractivity contribution in [1.82, 2.24) is 14.9 Å². The van der Waals surface area contributed by atoms with Gasteiger partial charge in [0, 0.05) is 0 Å². The molecule has 0 aliphatic carbocycles. The fourth-order valence-corrected chi connectivity index (χ4v) is 4.34. The van der Waals surface area contributed by atoms with E-state index in [-0.39, 0.29) is 5.96 Å². The maximum atomic E-state index is 11.4. The number of rotatable bonds is 5. The molecule has 1 amide bonds. The number of aliphatic imine (C=N–C) groups is 2. The minimum Gasteiger partial charge on any atom is -0.446 e. The Labute approximate surface area is 168 Å². The van der Waals surface area contributed by atoms with E-state index in [1.807, 2.05) is 0 Å². The largest absolute Gasteiger partial charge is 0.446 e. The van der Waals surface area contributed by atoms with Crippen molar-refractivity contribution in [3.63, 3.8) is 0 Å². The average Bonchev–Trinajstić information content (AvgIpc) is 2.99. The summed E-state index contributed by atoms with van der Waals surface area (Å²) in [6, 6.07) is -2.64. The van der Waals surface area contributed by atoms with Gasteiger partial charge < -0.3 is 36.6 Å². The van der Waals surface area contributed by atoms with Gasteiger partial charge in [-0.25, -0.2) is 19.0 Å². The van der Waals surface area contributed by atoms with Gasteiger partial charge in [-0.15, -0.1) is 0 Å². The summed E-state index contributed by atoms with van der Waals surface area (Å²) < 4.78 is 71.1. The predicted molar refractivity (Wildman–Crippen MR) is 93.0 cm³/mol. The zero-order valence-corrected chi connectivity index (χ0v) is 16.2. The van der Waals surface area contributed by atoms with E-state index in [4.69, 9.17) is 20.6 Å². The lowest BCUT2D eigenvalue weighted by atomic mass is 9.86. The van der Waals surface area contributed by atoms with Crippen molar-refractivity contribution < 1.29 is 49.9 Å². The summed E-state index contributed by atoms with van der Waals surface area (Å²) in [4.78, 5) is 20.4. The smallest absolute Gasteiger partial charge is 0.422 e. The van der Waals surface area contributed by atoms with Gasteiger partial charge in [-0.2, -0.15) is 21.6 Å². The lowest BCUT2D eigenvalue weighted by Gasteiger charge is -2.48. The monoisotopic (exact) mass is 475 g/mol. The van der Waals surface area contributed by atoms with E-state index in [2.05, 4.69) is 24.2 Å². The molecular formula is C10H17N7O11S2. The van der Waals surface area contributed by atoms with Crippen LogP contribution in [0.2, 0.25) is 0 Å². The van der Waals surface area contributed by atoms with E-state index in [0.717, 1.165) is 9.62 Å². The van der Waals surface area contributed by atoms with Crippen molar-refractivity contribution in [3.8, 4) is 0 Å². The molecule has 0 radical (unpaired) electrons. The molecule has 1 saturated heterocycles. The molecule has 20 heteroatoms. The fourth-order valence-electron chi connectivity index (χ4n) is 3.58. The zero-order valence-electron chi connectivity index (χ0n) is 14.6. The van der Waals surface area contributed by atoms with Crippen LogP contribution in [0.4, 0.5) is 4.79 Å². The van der Waals surface area contributed by atoms with Crippen LogP contribution >= 0.6 is 0 Å². The molecule has 4 atom stereocenters. The minimum absolute atomic E-state index is 0.345. The molecule has 1 spiro atoms. The van der Waals surface area contributed by atoms with E-state index in [1.165, 1.54) is 0 Å². The van der Waals surface area contributed by atoms with Gasteiger partial charge in [0.15, 0.2) is 23.7 Å². The first-order chi connectivity index (χ1) is 13.6. The molecule has 3 aliphatic rings. The molecular weight excluding hydrogens is 458 g/mol. The molecule has 30 heavy (non-hydrogen) atoms. The summed E-state index contributed by atoms with van der Waals surface area (Å²) in [6.07, 6.45) is -3.55. The van der Waals surface area contributed by atoms with Crippen molar-refractivity contribution in [2.75, 3.05) is 13.2 Å². The Morgan fingerprint density at radius 3 is 2.47 bits per heavy atom. The van der Waals surface area contributed by atoms with Gasteiger partial charge in [-0.1, -0.05) is 0 Å². The fraction of sp³-hybridized carbons (Fsp3) is 0.700. The Morgan fingerprint density at radius 1 is 1.27 bits per heavy atom. The van der Waals surface area contributed by atoms with Gasteiger partial charge in [0.2, 0.25) is 5.79 Å². The molecule has 0 bridgehead atoms. The number of carbonyl (C=O) groups is 1. The molecule has 18 nitrogen and oxygen atoms in total. The number of amides is 1. The second-order valence-corrected chi connectivity index (χ2v) is 8.63. The highest BCUT2D eigenvalue weighted by atomic mass is 32.3. The molecule has 0 aromatic carbocycles. The van der Waals surface area contributed by atoms with Crippen LogP contribution in [0.25, 0.3) is 0 Å². The van der Waals surface area contributed by atoms with Gasteiger partial charge in [0.1, 0.15) is 18.7 Å². The highest BCUT2D eigenvalue weighted by molar-refractivity contribution is 7.84. The number of hydrogen-bond donors (Lipinski definition) is 8. The molecule has 3 aliphatic heterocycles. The second kappa shape index (κ2) is 6.76. The first-order valence-electron chi connectivity index (χ1n) is 7.81. The van der Waals surface area contributed by atoms with E-state index < -0.39 is 75.5 Å². The number of nitrogens with one attached hydrogen (secondary N) is 2. The lowest BCUT2D eigenvalue weighted by molar-refractivity contribution is -0.252. The van der Waals surface area contributed by atoms with Crippen molar-refractivity contribution >= 4 is 38.7 Å². The van der Waals surface area contributed by atoms with Crippen LogP contribution in [0.15, 0.2) is 9.98 Å². The second-order valence-electron chi connectivity index (χ2n) is 6.43. The Morgan fingerprint density at radius 2 is 1.90 bits per heavy atom. The normalized spacial score (nSPS) is 32.4. The summed E-state index contributed by atoms with van der Waals surface area (Å²) in [5, 5.41) is 23.9. The molecule has 0 saturated carbocycles. The molecule has 170 valence electrons. The maximum absolute atomic E-state index is 11.4. The molecule has 0 aromatic rings. The lowest BCUT2D eigenvalue weighted by Crippen LogP contribution is -2.77. The molecule has 1 fully saturated rings. The number of nitrogens with zero attached hydrogens (tertiary/aromatic N) is 3. The summed E-state index contributed by atoms with van der Waals surface area (Å²) in [6.45, 7) is -1.31. The number of aliphatic hydroxyl groups is 2. The quantitative estimate of drug-likeness (QED) is 0.136. The number of hydrogen-bond acceptors (Lipinski definition) is 15. The Bertz CT molecular complexity index is 1020. The number of nitrogens with two attached hydrogens (primary N) is 2. The first kappa shape index (κ1) is 22.2. The van der Waals surface area contributed by atoms with Gasteiger partial charge in [-0.05, 0) is 0 Å². The molecule has 0 aromatic heterocycles. The highest BCUT2D eigenvalue weighted by Crippen LogP contribution is 2.45. The van der Waals surface area contributed by atoms with Crippen molar-refractivity contribution in [2.24, 2.45) is 21.5 Å². The Balaban J connectivity index is 1.92. The summed E-state index contributed by atoms with van der Waals surface area (Å²) in [5.74, 6) is -3.84. The van der Waals surface area contributed by atoms with Gasteiger partial charge in [0.25, 0.3) is 0 Å². The van der Waals surface area contributed by atoms with Crippen LogP contribution in [-0.4, -0.2) is 102 Å². The standard InChI is InChI=1S/C10H17N7O11S2/c11-6-14-5-3(2-27-8(18)16-29(21,22)23)13-7(12)17-1-4(28-30(24,25)26)10(19,20)9(5,17)15-6/h3-5,19-20H,1-2H2,(H2,12,13)(H,16,18)(H3,11,14,15)(H,21,22,23)(H,24,25,26)/t3-,4-,5+,9-/m0/s1. The van der Waals surface area contributed by atoms with Crippen LogP contribution in [0.3, 0.4) is 0 Å². The summed E-state index contributed by atoms with van der Waals surface area (Å²) in [5.41, 5.74) is 9.32. The van der Waals surface area contributed by atoms with E-state index in [9.17, 15) is 31.8 Å². The van der Waals surface area contributed by atoms with Gasteiger partial charge in [0.05, 0.1) is 6.54 Å². The van der Waals surface area contributed by atoms with Crippen LogP contribution in [0, 0.1) is 0 Å². The van der Waals surface area contributed by atoms with Crippen LogP contribution in [-0.2, 0) is 29.6 Å². The van der Waals surface area contributed by atoms with Gasteiger partial charge >= 0.3 is 26.8 Å². The van der Waals surface area contributed by atoms with Crippen LogP contribution in [0.5, 0.6) is 0 Å². The summed E-state index contributed by atoms with van der Waals surface area (Å²) >= 11 is 0. The zero-order chi connectivity index (χ0) is 22.7. The predicted octanol–water partition coefficient (Wildman–Crippen LogP) is -5.62. The third-order valence-electron chi connectivity index (χ3n) is 4.58. The molecule has 0 unspecified atom stereocenters. The SMILES string of the molecule is NC1=N[C@@H]2[C@H](COC(=O)NS(=O)(=O)O)N=C(N)N3C[C@H](OS(=O)(=O)O)C(O)(O)[C@]23N1. The van der Waals surface area contributed by atoms with Crippen molar-refractivity contribution in [2.45, 2.75) is 29.6 Å². The molecule has 10 N–H and O–H groups in total. The minimum atomic E-state index is -5.12. The number of ether oxygens (including phenoxy) is 1. The third-order valence-corrected chi connectivity index (χ3v) is 5.48. The number of carbonyl (C=O) groups excluding carboxylic acids is 1. The highest BCUT2D eigenvalue weighted by Gasteiger charge is 2.74. The van der Waals surface area contributed by atoms with E-state index >= 15 is 0 Å². The topological polar surface area (TPSA) is 289 Å². The third kappa shape index (κ3) is 3.68. The van der Waals surface area contributed by atoms with Crippen LogP contribution < -0.4 is 21.5 Å². The van der Waals surface area contributed by atoms with Gasteiger partial charge in [-0.3, -0.25) is 9.11 Å². The summed E-state index contributed by atoms with van der Waals surface area (Å²) in [7, 11) is -10.0. The maximum Gasteiger partial charge on any atom is 0.422 e. The van der Waals surface area contributed by atoms with Crippen molar-refractivity contribution in [1.29, 1.82) is 0 Å².